The van der Waals surface area contributed by atoms with E-state index in [2.05, 4.69) is 10.2 Å². The summed E-state index contributed by atoms with van der Waals surface area (Å²) >= 11 is 5.81. The predicted molar refractivity (Wildman–Crippen MR) is 134 cm³/mol. The standard InChI is InChI=1S/C27H26ClFN2O5/c1-16-12-18(35-15-19-14-31(2)23-6-4-5-7-24(23)36-19)9-11-20(16)26(32)30-25(27(33)34-3)21-10-8-17(28)13-22(21)29/h4-13,19,25H,14-15H2,1-3H3,(H,30,32)/t19-,25-/m0/s1. The fourth-order valence-corrected chi connectivity index (χ4v) is 4.23. The molecular weight excluding hydrogens is 487 g/mol. The van der Waals surface area contributed by atoms with Crippen molar-refractivity contribution in [2.75, 3.05) is 32.2 Å². The van der Waals surface area contributed by atoms with Crippen molar-refractivity contribution < 1.29 is 28.2 Å². The van der Waals surface area contributed by atoms with Gasteiger partial charge in [-0.15, -0.1) is 0 Å². The minimum absolute atomic E-state index is 0.0452. The number of ether oxygens (including phenoxy) is 3. The number of hydrogen-bond donors (Lipinski definition) is 1. The van der Waals surface area contributed by atoms with Gasteiger partial charge in [0.25, 0.3) is 5.91 Å². The number of para-hydroxylation sites is 2. The molecule has 3 aromatic rings. The monoisotopic (exact) mass is 512 g/mol. The lowest BCUT2D eigenvalue weighted by Crippen LogP contribution is -2.41. The summed E-state index contributed by atoms with van der Waals surface area (Å²) in [4.78, 5) is 27.4. The van der Waals surface area contributed by atoms with Crippen LogP contribution in [-0.2, 0) is 9.53 Å². The van der Waals surface area contributed by atoms with Gasteiger partial charge in [-0.05, 0) is 55.0 Å². The van der Waals surface area contributed by atoms with Crippen LogP contribution in [0.25, 0.3) is 0 Å². The highest BCUT2D eigenvalue weighted by Crippen LogP contribution is 2.32. The van der Waals surface area contributed by atoms with E-state index in [1.54, 1.807) is 25.1 Å². The Morgan fingerprint density at radius 2 is 1.97 bits per heavy atom. The van der Waals surface area contributed by atoms with E-state index in [1.807, 2.05) is 31.3 Å². The van der Waals surface area contributed by atoms with Crippen LogP contribution in [0.1, 0.15) is 27.5 Å². The smallest absolute Gasteiger partial charge is 0.333 e. The van der Waals surface area contributed by atoms with Crippen molar-refractivity contribution in [3.05, 3.63) is 88.2 Å². The summed E-state index contributed by atoms with van der Waals surface area (Å²) in [5, 5.41) is 2.73. The fourth-order valence-electron chi connectivity index (χ4n) is 4.08. The Morgan fingerprint density at radius 3 is 2.69 bits per heavy atom. The van der Waals surface area contributed by atoms with Crippen molar-refractivity contribution in [1.29, 1.82) is 0 Å². The molecule has 7 nitrogen and oxygen atoms in total. The number of nitrogens with one attached hydrogen (secondary N) is 1. The van der Waals surface area contributed by atoms with Crippen LogP contribution in [0, 0.1) is 12.7 Å². The second kappa shape index (κ2) is 10.9. The number of methoxy groups -OCH3 is 1. The number of hydrogen-bond acceptors (Lipinski definition) is 6. The van der Waals surface area contributed by atoms with Gasteiger partial charge in [0.15, 0.2) is 6.04 Å². The highest BCUT2D eigenvalue weighted by molar-refractivity contribution is 6.30. The lowest BCUT2D eigenvalue weighted by atomic mass is 10.0. The van der Waals surface area contributed by atoms with Crippen LogP contribution in [0.2, 0.25) is 5.02 Å². The maximum atomic E-state index is 14.5. The molecule has 0 aromatic heterocycles. The zero-order valence-corrected chi connectivity index (χ0v) is 20.8. The molecule has 1 aliphatic rings. The summed E-state index contributed by atoms with van der Waals surface area (Å²) < 4.78 is 31.2. The second-order valence-electron chi connectivity index (χ2n) is 8.47. The van der Waals surface area contributed by atoms with E-state index in [4.69, 9.17) is 25.8 Å². The Morgan fingerprint density at radius 1 is 1.19 bits per heavy atom. The highest BCUT2D eigenvalue weighted by atomic mass is 35.5. The van der Waals surface area contributed by atoms with Crippen molar-refractivity contribution in [3.8, 4) is 11.5 Å². The normalized spacial score (nSPS) is 15.4. The molecule has 1 heterocycles. The van der Waals surface area contributed by atoms with Gasteiger partial charge in [0.2, 0.25) is 0 Å². The molecule has 0 unspecified atom stereocenters. The van der Waals surface area contributed by atoms with E-state index >= 15 is 0 Å². The van der Waals surface area contributed by atoms with Gasteiger partial charge < -0.3 is 24.4 Å². The van der Waals surface area contributed by atoms with Crippen LogP contribution in [0.15, 0.2) is 60.7 Å². The molecule has 0 aliphatic carbocycles. The molecule has 0 saturated carbocycles. The highest BCUT2D eigenvalue weighted by Gasteiger charge is 2.28. The molecule has 36 heavy (non-hydrogen) atoms. The van der Waals surface area contributed by atoms with E-state index in [0.717, 1.165) is 17.5 Å². The molecule has 3 aromatic carbocycles. The minimum Gasteiger partial charge on any atom is -0.490 e. The zero-order chi connectivity index (χ0) is 25.8. The molecule has 4 rings (SSSR count). The fraction of sp³-hybridized carbons (Fsp3) is 0.259. The Labute approximate surface area is 213 Å². The van der Waals surface area contributed by atoms with E-state index in [0.29, 0.717) is 30.0 Å². The number of rotatable bonds is 7. The van der Waals surface area contributed by atoms with Gasteiger partial charge >= 0.3 is 5.97 Å². The number of fused-ring (bicyclic) bond motifs is 1. The van der Waals surface area contributed by atoms with Crippen molar-refractivity contribution in [2.24, 2.45) is 0 Å². The Hall–Kier alpha value is -3.78. The molecule has 0 saturated heterocycles. The number of nitrogens with zero attached hydrogens (tertiary/aromatic N) is 1. The minimum atomic E-state index is -1.33. The second-order valence-corrected chi connectivity index (χ2v) is 8.91. The molecular formula is C27H26ClFN2O5. The molecule has 188 valence electrons. The first kappa shape index (κ1) is 25.3. The summed E-state index contributed by atoms with van der Waals surface area (Å²) in [5.41, 5.74) is 1.92. The number of carbonyl (C=O) groups excluding carboxylic acids is 2. The first-order valence-corrected chi connectivity index (χ1v) is 11.7. The first-order chi connectivity index (χ1) is 17.3. The Balaban J connectivity index is 1.43. The lowest BCUT2D eigenvalue weighted by molar-refractivity contribution is -0.143. The van der Waals surface area contributed by atoms with Crippen LogP contribution in [-0.4, -0.2) is 45.3 Å². The number of likely N-dealkylation sites (N-methyl/N-ethyl adjacent to an activating group) is 1. The molecule has 1 amide bonds. The Kier molecular flexibility index (Phi) is 7.64. The molecule has 0 radical (unpaired) electrons. The average Bonchev–Trinajstić information content (AvgIpc) is 2.86. The van der Waals surface area contributed by atoms with Crippen LogP contribution in [0.4, 0.5) is 10.1 Å². The van der Waals surface area contributed by atoms with Gasteiger partial charge in [-0.25, -0.2) is 9.18 Å². The number of benzene rings is 3. The number of halogens is 2. The third-order valence-corrected chi connectivity index (χ3v) is 6.15. The summed E-state index contributed by atoms with van der Waals surface area (Å²) in [6, 6.07) is 15.3. The first-order valence-electron chi connectivity index (χ1n) is 11.3. The van der Waals surface area contributed by atoms with Gasteiger partial charge in [0.1, 0.15) is 30.0 Å². The SMILES string of the molecule is COC(=O)[C@@H](NC(=O)c1ccc(OC[C@@H]2CN(C)c3ccccc3O2)cc1C)c1ccc(Cl)cc1F. The summed E-state index contributed by atoms with van der Waals surface area (Å²) in [6.45, 7) is 2.75. The van der Waals surface area contributed by atoms with E-state index in [9.17, 15) is 14.0 Å². The van der Waals surface area contributed by atoms with Crippen molar-refractivity contribution in [2.45, 2.75) is 19.1 Å². The Bertz CT molecular complexity index is 1280. The third-order valence-electron chi connectivity index (χ3n) is 5.91. The van der Waals surface area contributed by atoms with Crippen LogP contribution in [0.5, 0.6) is 11.5 Å². The van der Waals surface area contributed by atoms with Crippen LogP contribution in [0.3, 0.4) is 0 Å². The maximum absolute atomic E-state index is 14.5. The average molecular weight is 513 g/mol. The van der Waals surface area contributed by atoms with Gasteiger partial charge in [0.05, 0.1) is 19.3 Å². The molecule has 9 heteroatoms. The lowest BCUT2D eigenvalue weighted by Gasteiger charge is -2.33. The molecule has 1 N–H and O–H groups in total. The van der Waals surface area contributed by atoms with E-state index in [-0.39, 0.29) is 16.7 Å². The van der Waals surface area contributed by atoms with Gasteiger partial charge in [-0.1, -0.05) is 29.8 Å². The largest absolute Gasteiger partial charge is 0.490 e. The van der Waals surface area contributed by atoms with Crippen molar-refractivity contribution in [1.82, 2.24) is 5.32 Å². The summed E-state index contributed by atoms with van der Waals surface area (Å²) in [6.07, 6.45) is -0.164. The molecule has 0 fully saturated rings. The number of aryl methyl sites for hydroxylation is 1. The number of anilines is 1. The summed E-state index contributed by atoms with van der Waals surface area (Å²) in [7, 11) is 3.17. The van der Waals surface area contributed by atoms with E-state index in [1.165, 1.54) is 19.2 Å². The molecule has 0 spiro atoms. The zero-order valence-electron chi connectivity index (χ0n) is 20.1. The van der Waals surface area contributed by atoms with Gasteiger partial charge in [-0.3, -0.25) is 4.79 Å². The van der Waals surface area contributed by atoms with Crippen molar-refractivity contribution in [3.63, 3.8) is 0 Å². The van der Waals surface area contributed by atoms with Crippen molar-refractivity contribution >= 4 is 29.2 Å². The maximum Gasteiger partial charge on any atom is 0.333 e. The number of amides is 1. The van der Waals surface area contributed by atoms with Crippen LogP contribution < -0.4 is 19.7 Å². The number of carbonyl (C=O) groups is 2. The number of esters is 1. The third kappa shape index (κ3) is 5.54. The quantitative estimate of drug-likeness (QED) is 0.462. The van der Waals surface area contributed by atoms with Crippen LogP contribution >= 0.6 is 11.6 Å². The van der Waals surface area contributed by atoms with Gasteiger partial charge in [0, 0.05) is 23.2 Å². The summed E-state index contributed by atoms with van der Waals surface area (Å²) in [5.74, 6) is -0.710. The van der Waals surface area contributed by atoms with Gasteiger partial charge in [-0.2, -0.15) is 0 Å². The molecule has 1 aliphatic heterocycles. The predicted octanol–water partition coefficient (Wildman–Crippen LogP) is 4.71. The molecule has 2 atom stereocenters. The molecule has 0 bridgehead atoms. The van der Waals surface area contributed by atoms with E-state index < -0.39 is 23.7 Å². The topological polar surface area (TPSA) is 77.1 Å².